The van der Waals surface area contributed by atoms with E-state index in [-0.39, 0.29) is 17.9 Å². The van der Waals surface area contributed by atoms with E-state index < -0.39 is 0 Å². The summed E-state index contributed by atoms with van der Waals surface area (Å²) in [6.45, 7) is 2.29. The lowest BCUT2D eigenvalue weighted by molar-refractivity contribution is -0.117. The van der Waals surface area contributed by atoms with Gasteiger partial charge >= 0.3 is 0 Å². The molecular formula is C22H25N3O4. The van der Waals surface area contributed by atoms with E-state index in [9.17, 15) is 9.59 Å². The van der Waals surface area contributed by atoms with Gasteiger partial charge in [0.25, 0.3) is 5.91 Å². The maximum absolute atomic E-state index is 12.6. The highest BCUT2D eigenvalue weighted by Gasteiger charge is 2.28. The average Bonchev–Trinajstić information content (AvgIpc) is 3.20. The predicted octanol–water partition coefficient (Wildman–Crippen LogP) is 2.59. The second-order valence-electron chi connectivity index (χ2n) is 7.24. The fraction of sp³-hybridized carbons (Fsp3) is 0.364. The van der Waals surface area contributed by atoms with Crippen molar-refractivity contribution in [3.05, 3.63) is 53.6 Å². The molecule has 152 valence electrons. The second-order valence-corrected chi connectivity index (χ2v) is 7.24. The van der Waals surface area contributed by atoms with Crippen LogP contribution in [0.25, 0.3) is 0 Å². The number of ether oxygens (including phenoxy) is 2. The third-order valence-corrected chi connectivity index (χ3v) is 5.30. The van der Waals surface area contributed by atoms with Gasteiger partial charge in [0.1, 0.15) is 13.2 Å². The molecule has 2 aromatic rings. The van der Waals surface area contributed by atoms with Crippen LogP contribution in [0.5, 0.6) is 11.5 Å². The molecule has 7 heteroatoms. The highest BCUT2D eigenvalue weighted by atomic mass is 16.6. The molecule has 7 nitrogen and oxygen atoms in total. The van der Waals surface area contributed by atoms with Crippen molar-refractivity contribution in [1.82, 2.24) is 10.2 Å². The van der Waals surface area contributed by atoms with Gasteiger partial charge in [0, 0.05) is 24.3 Å². The van der Waals surface area contributed by atoms with E-state index in [4.69, 9.17) is 9.47 Å². The molecule has 1 saturated heterocycles. The minimum Gasteiger partial charge on any atom is -0.486 e. The average molecular weight is 395 g/mol. The number of amides is 2. The van der Waals surface area contributed by atoms with Gasteiger partial charge < -0.3 is 20.1 Å². The fourth-order valence-corrected chi connectivity index (χ4v) is 3.93. The number of benzene rings is 2. The van der Waals surface area contributed by atoms with Gasteiger partial charge in [-0.3, -0.25) is 14.5 Å². The van der Waals surface area contributed by atoms with E-state index in [1.54, 1.807) is 31.3 Å². The first-order chi connectivity index (χ1) is 14.1. The van der Waals surface area contributed by atoms with Gasteiger partial charge in [-0.15, -0.1) is 0 Å². The van der Waals surface area contributed by atoms with Crippen LogP contribution in [0.2, 0.25) is 0 Å². The summed E-state index contributed by atoms with van der Waals surface area (Å²) in [6.07, 6.45) is 2.04. The zero-order valence-corrected chi connectivity index (χ0v) is 16.4. The number of likely N-dealkylation sites (tertiary alicyclic amines) is 1. The SMILES string of the molecule is CNC(=O)c1cccc(NC(=O)CN2CCC[C@H]2c2ccc3c(c2)OCCO3)c1. The van der Waals surface area contributed by atoms with Gasteiger partial charge in [-0.05, 0) is 55.3 Å². The monoisotopic (exact) mass is 395 g/mol. The van der Waals surface area contributed by atoms with E-state index >= 15 is 0 Å². The van der Waals surface area contributed by atoms with Crippen molar-refractivity contribution in [2.45, 2.75) is 18.9 Å². The Kier molecular flexibility index (Phi) is 5.67. The summed E-state index contributed by atoms with van der Waals surface area (Å²) in [5, 5.41) is 5.49. The second kappa shape index (κ2) is 8.53. The Morgan fingerprint density at radius 1 is 1.10 bits per heavy atom. The molecular weight excluding hydrogens is 370 g/mol. The van der Waals surface area contributed by atoms with Gasteiger partial charge in [-0.1, -0.05) is 12.1 Å². The Balaban J connectivity index is 1.42. The molecule has 0 bridgehead atoms. The molecule has 0 radical (unpaired) electrons. The van der Waals surface area contributed by atoms with Gasteiger partial charge in [0.2, 0.25) is 5.91 Å². The van der Waals surface area contributed by atoms with E-state index in [0.29, 0.717) is 31.0 Å². The number of fused-ring (bicyclic) bond motifs is 1. The third-order valence-electron chi connectivity index (χ3n) is 5.30. The molecule has 0 saturated carbocycles. The molecule has 2 aromatic carbocycles. The van der Waals surface area contributed by atoms with Crippen molar-refractivity contribution in [1.29, 1.82) is 0 Å². The maximum atomic E-state index is 12.6. The van der Waals surface area contributed by atoms with Gasteiger partial charge in [-0.25, -0.2) is 0 Å². The molecule has 0 unspecified atom stereocenters. The fourth-order valence-electron chi connectivity index (χ4n) is 3.93. The summed E-state index contributed by atoms with van der Waals surface area (Å²) in [6, 6.07) is 13.1. The molecule has 2 aliphatic rings. The lowest BCUT2D eigenvalue weighted by atomic mass is 10.0. The van der Waals surface area contributed by atoms with Crippen LogP contribution in [0.15, 0.2) is 42.5 Å². The molecule has 2 N–H and O–H groups in total. The Labute approximate surface area is 170 Å². The topological polar surface area (TPSA) is 79.9 Å². The minimum absolute atomic E-state index is 0.0940. The third kappa shape index (κ3) is 4.35. The summed E-state index contributed by atoms with van der Waals surface area (Å²) in [5.74, 6) is 1.28. The first-order valence-electron chi connectivity index (χ1n) is 9.89. The van der Waals surface area contributed by atoms with Crippen molar-refractivity contribution in [3.63, 3.8) is 0 Å². The molecule has 29 heavy (non-hydrogen) atoms. The van der Waals surface area contributed by atoms with Crippen LogP contribution < -0.4 is 20.1 Å². The number of anilines is 1. The van der Waals surface area contributed by atoms with Gasteiger partial charge in [-0.2, -0.15) is 0 Å². The molecule has 2 amide bonds. The number of hydrogen-bond acceptors (Lipinski definition) is 5. The normalized spacial score (nSPS) is 18.3. The predicted molar refractivity (Wildman–Crippen MR) is 109 cm³/mol. The van der Waals surface area contributed by atoms with E-state index in [1.165, 1.54) is 0 Å². The number of nitrogens with zero attached hydrogens (tertiary/aromatic N) is 1. The van der Waals surface area contributed by atoms with Crippen LogP contribution in [-0.4, -0.2) is 50.1 Å². The zero-order valence-electron chi connectivity index (χ0n) is 16.4. The zero-order chi connectivity index (χ0) is 20.2. The van der Waals surface area contributed by atoms with E-state index in [1.807, 2.05) is 12.1 Å². The minimum atomic E-state index is -0.181. The summed E-state index contributed by atoms with van der Waals surface area (Å²) >= 11 is 0. The maximum Gasteiger partial charge on any atom is 0.251 e. The first kappa shape index (κ1) is 19.3. The number of rotatable bonds is 5. The van der Waals surface area contributed by atoms with Crippen molar-refractivity contribution < 1.29 is 19.1 Å². The van der Waals surface area contributed by atoms with Gasteiger partial charge in [0.05, 0.1) is 6.54 Å². The first-order valence-corrected chi connectivity index (χ1v) is 9.89. The van der Waals surface area contributed by atoms with Crippen molar-refractivity contribution in [2.24, 2.45) is 0 Å². The Morgan fingerprint density at radius 3 is 2.76 bits per heavy atom. The molecule has 1 atom stereocenters. The number of nitrogens with one attached hydrogen (secondary N) is 2. The molecule has 0 aliphatic carbocycles. The number of hydrogen-bond donors (Lipinski definition) is 2. The summed E-state index contributed by atoms with van der Waals surface area (Å²) in [7, 11) is 1.58. The highest BCUT2D eigenvalue weighted by molar-refractivity contribution is 5.97. The standard InChI is InChI=1S/C22H25N3O4/c1-23-22(27)16-4-2-5-17(12-16)24-21(26)14-25-9-3-6-18(25)15-7-8-19-20(13-15)29-11-10-28-19/h2,4-5,7-8,12-13,18H,3,6,9-11,14H2,1H3,(H,23,27)(H,24,26)/t18-/m0/s1. The Hall–Kier alpha value is -3.06. The molecule has 1 fully saturated rings. The van der Waals surface area contributed by atoms with Crippen molar-refractivity contribution >= 4 is 17.5 Å². The van der Waals surface area contributed by atoms with Crippen LogP contribution in [-0.2, 0) is 4.79 Å². The summed E-state index contributed by atoms with van der Waals surface area (Å²) < 4.78 is 11.3. The summed E-state index contributed by atoms with van der Waals surface area (Å²) in [4.78, 5) is 26.6. The smallest absolute Gasteiger partial charge is 0.251 e. The summed E-state index contributed by atoms with van der Waals surface area (Å²) in [5.41, 5.74) is 2.27. The van der Waals surface area contributed by atoms with E-state index in [2.05, 4.69) is 21.6 Å². The Bertz CT molecular complexity index is 915. The largest absolute Gasteiger partial charge is 0.486 e. The Morgan fingerprint density at radius 2 is 1.93 bits per heavy atom. The van der Waals surface area contributed by atoms with Crippen LogP contribution in [0.3, 0.4) is 0 Å². The quantitative estimate of drug-likeness (QED) is 0.814. The van der Waals surface area contributed by atoms with Crippen molar-refractivity contribution in [3.8, 4) is 11.5 Å². The van der Waals surface area contributed by atoms with E-state index in [0.717, 1.165) is 36.4 Å². The number of carbonyl (C=O) groups is 2. The lowest BCUT2D eigenvalue weighted by Gasteiger charge is -2.26. The molecule has 2 aliphatic heterocycles. The van der Waals surface area contributed by atoms with Crippen LogP contribution >= 0.6 is 0 Å². The van der Waals surface area contributed by atoms with Crippen LogP contribution in [0.4, 0.5) is 5.69 Å². The number of carbonyl (C=O) groups excluding carboxylic acids is 2. The van der Waals surface area contributed by atoms with Crippen molar-refractivity contribution in [2.75, 3.05) is 38.7 Å². The van der Waals surface area contributed by atoms with Crippen LogP contribution in [0.1, 0.15) is 34.8 Å². The lowest BCUT2D eigenvalue weighted by Crippen LogP contribution is -2.33. The van der Waals surface area contributed by atoms with Crippen LogP contribution in [0, 0.1) is 0 Å². The molecule has 4 rings (SSSR count). The molecule has 0 aromatic heterocycles. The van der Waals surface area contributed by atoms with Gasteiger partial charge in [0.15, 0.2) is 11.5 Å². The highest BCUT2D eigenvalue weighted by Crippen LogP contribution is 2.37. The molecule has 0 spiro atoms. The molecule has 2 heterocycles.